The van der Waals surface area contributed by atoms with E-state index in [2.05, 4.69) is 26.2 Å². The molecule has 1 N–H and O–H groups in total. The van der Waals surface area contributed by atoms with Crippen molar-refractivity contribution in [2.75, 3.05) is 0 Å². The monoisotopic (exact) mass is 334 g/mol. The van der Waals surface area contributed by atoms with Crippen LogP contribution in [0.1, 0.15) is 12.5 Å². The molecule has 0 aliphatic heterocycles. The van der Waals surface area contributed by atoms with Gasteiger partial charge in [0.25, 0.3) is 5.91 Å². The van der Waals surface area contributed by atoms with Gasteiger partial charge in [0.05, 0.1) is 4.47 Å². The molecule has 20 heavy (non-hydrogen) atoms. The number of carbonyl (C=O) groups excluding carboxylic acids is 1. The summed E-state index contributed by atoms with van der Waals surface area (Å²) in [6, 6.07) is 11.2. The fourth-order valence-electron chi connectivity index (χ4n) is 1.62. The summed E-state index contributed by atoms with van der Waals surface area (Å²) < 4.78 is 6.45. The Hall–Kier alpha value is -1.88. The van der Waals surface area contributed by atoms with E-state index in [9.17, 15) is 4.79 Å². The molecule has 0 bridgehead atoms. The Balaban J connectivity index is 1.88. The number of aromatic nitrogens is 1. The van der Waals surface area contributed by atoms with Gasteiger partial charge in [-0.3, -0.25) is 9.78 Å². The molecule has 2 rings (SSSR count). The lowest BCUT2D eigenvalue weighted by atomic mass is 10.2. The van der Waals surface area contributed by atoms with Gasteiger partial charge in [-0.05, 0) is 46.6 Å². The van der Waals surface area contributed by atoms with Crippen molar-refractivity contribution in [2.45, 2.75) is 19.6 Å². The fourth-order valence-corrected chi connectivity index (χ4v) is 2.00. The third kappa shape index (κ3) is 4.06. The van der Waals surface area contributed by atoms with Crippen LogP contribution in [0.3, 0.4) is 0 Å². The van der Waals surface area contributed by atoms with Crippen molar-refractivity contribution >= 4 is 21.8 Å². The summed E-state index contributed by atoms with van der Waals surface area (Å²) in [7, 11) is 0. The highest BCUT2D eigenvalue weighted by molar-refractivity contribution is 9.10. The third-order valence-electron chi connectivity index (χ3n) is 2.70. The molecular formula is C15H15BrN2O2. The molecule has 1 aromatic carbocycles. The topological polar surface area (TPSA) is 51.2 Å². The SMILES string of the molecule is CC(Oc1ccccc1Br)C(=O)NCc1cccnc1. The first-order valence-electron chi connectivity index (χ1n) is 6.24. The minimum Gasteiger partial charge on any atom is -0.480 e. The van der Waals surface area contributed by atoms with Crippen LogP contribution >= 0.6 is 15.9 Å². The smallest absolute Gasteiger partial charge is 0.261 e. The summed E-state index contributed by atoms with van der Waals surface area (Å²) in [6.07, 6.45) is 2.86. The number of ether oxygens (including phenoxy) is 1. The number of hydrogen-bond donors (Lipinski definition) is 1. The molecule has 1 aromatic heterocycles. The van der Waals surface area contributed by atoms with Crippen LogP contribution in [-0.2, 0) is 11.3 Å². The maximum atomic E-state index is 12.0. The molecule has 1 unspecified atom stereocenters. The fraction of sp³-hybridized carbons (Fsp3) is 0.200. The molecule has 0 saturated carbocycles. The highest BCUT2D eigenvalue weighted by Gasteiger charge is 2.15. The van der Waals surface area contributed by atoms with Gasteiger partial charge in [0, 0.05) is 18.9 Å². The predicted octanol–water partition coefficient (Wildman–Crippen LogP) is 2.93. The van der Waals surface area contributed by atoms with Gasteiger partial charge in [-0.2, -0.15) is 0 Å². The van der Waals surface area contributed by atoms with E-state index < -0.39 is 6.10 Å². The number of rotatable bonds is 5. The van der Waals surface area contributed by atoms with Gasteiger partial charge in [0.1, 0.15) is 5.75 Å². The normalized spacial score (nSPS) is 11.7. The van der Waals surface area contributed by atoms with Crippen molar-refractivity contribution in [2.24, 2.45) is 0 Å². The molecule has 1 amide bonds. The maximum absolute atomic E-state index is 12.0. The van der Waals surface area contributed by atoms with E-state index in [1.54, 1.807) is 19.3 Å². The van der Waals surface area contributed by atoms with Gasteiger partial charge in [0.2, 0.25) is 0 Å². The number of carbonyl (C=O) groups is 1. The van der Waals surface area contributed by atoms with E-state index in [4.69, 9.17) is 4.74 Å². The molecule has 1 atom stereocenters. The highest BCUT2D eigenvalue weighted by atomic mass is 79.9. The van der Waals surface area contributed by atoms with Crippen LogP contribution in [0.15, 0.2) is 53.3 Å². The first-order valence-corrected chi connectivity index (χ1v) is 7.04. The van der Waals surface area contributed by atoms with Gasteiger partial charge >= 0.3 is 0 Å². The summed E-state index contributed by atoms with van der Waals surface area (Å²) in [6.45, 7) is 2.16. The number of hydrogen-bond acceptors (Lipinski definition) is 3. The van der Waals surface area contributed by atoms with Gasteiger partial charge < -0.3 is 10.1 Å². The van der Waals surface area contributed by atoms with E-state index in [0.29, 0.717) is 12.3 Å². The number of benzene rings is 1. The quantitative estimate of drug-likeness (QED) is 0.914. The number of para-hydroxylation sites is 1. The van der Waals surface area contributed by atoms with Crippen molar-refractivity contribution in [1.29, 1.82) is 0 Å². The lowest BCUT2D eigenvalue weighted by Gasteiger charge is -2.15. The standard InChI is InChI=1S/C15H15BrN2O2/c1-11(20-14-7-3-2-6-13(14)16)15(19)18-10-12-5-4-8-17-9-12/h2-9,11H,10H2,1H3,(H,18,19). The molecule has 5 heteroatoms. The van der Waals surface area contributed by atoms with E-state index in [-0.39, 0.29) is 5.91 Å². The molecule has 1 heterocycles. The summed E-state index contributed by atoms with van der Waals surface area (Å²) in [4.78, 5) is 16.0. The lowest BCUT2D eigenvalue weighted by molar-refractivity contribution is -0.127. The average Bonchev–Trinajstić information content (AvgIpc) is 2.48. The zero-order valence-electron chi connectivity index (χ0n) is 11.0. The minimum absolute atomic E-state index is 0.162. The number of nitrogens with zero attached hydrogens (tertiary/aromatic N) is 1. The highest BCUT2D eigenvalue weighted by Crippen LogP contribution is 2.24. The largest absolute Gasteiger partial charge is 0.480 e. The van der Waals surface area contributed by atoms with Crippen LogP contribution in [0.4, 0.5) is 0 Å². The number of pyridine rings is 1. The van der Waals surface area contributed by atoms with Crippen LogP contribution < -0.4 is 10.1 Å². The summed E-state index contributed by atoms with van der Waals surface area (Å²) >= 11 is 3.38. The first kappa shape index (κ1) is 14.5. The predicted molar refractivity (Wildman–Crippen MR) is 80.3 cm³/mol. The second-order valence-corrected chi connectivity index (χ2v) is 5.12. The first-order chi connectivity index (χ1) is 9.66. The molecule has 4 nitrogen and oxygen atoms in total. The van der Waals surface area contributed by atoms with E-state index in [1.807, 2.05) is 36.4 Å². The molecular weight excluding hydrogens is 320 g/mol. The number of nitrogens with one attached hydrogen (secondary N) is 1. The Morgan fingerprint density at radius 1 is 1.35 bits per heavy atom. The van der Waals surface area contributed by atoms with E-state index >= 15 is 0 Å². The van der Waals surface area contributed by atoms with Crippen molar-refractivity contribution < 1.29 is 9.53 Å². The molecule has 0 radical (unpaired) electrons. The van der Waals surface area contributed by atoms with Crippen LogP contribution in [-0.4, -0.2) is 17.0 Å². The van der Waals surface area contributed by atoms with Gasteiger partial charge in [-0.25, -0.2) is 0 Å². The van der Waals surface area contributed by atoms with Crippen LogP contribution in [0.5, 0.6) is 5.75 Å². The zero-order chi connectivity index (χ0) is 14.4. The molecule has 0 saturated heterocycles. The van der Waals surface area contributed by atoms with Crippen molar-refractivity contribution in [1.82, 2.24) is 10.3 Å². The van der Waals surface area contributed by atoms with Crippen molar-refractivity contribution in [3.8, 4) is 5.75 Å². The third-order valence-corrected chi connectivity index (χ3v) is 3.35. The molecule has 0 aliphatic carbocycles. The van der Waals surface area contributed by atoms with Crippen LogP contribution in [0.2, 0.25) is 0 Å². The van der Waals surface area contributed by atoms with Crippen LogP contribution in [0, 0.1) is 0 Å². The Bertz CT molecular complexity index is 575. The molecule has 2 aromatic rings. The molecule has 0 aliphatic rings. The maximum Gasteiger partial charge on any atom is 0.261 e. The molecule has 0 spiro atoms. The van der Waals surface area contributed by atoms with Gasteiger partial charge in [-0.15, -0.1) is 0 Å². The number of amides is 1. The Labute approximate surface area is 126 Å². The number of halogens is 1. The Morgan fingerprint density at radius 3 is 2.85 bits per heavy atom. The Kier molecular flexibility index (Phi) is 5.12. The van der Waals surface area contributed by atoms with E-state index in [1.165, 1.54) is 0 Å². The minimum atomic E-state index is -0.564. The molecule has 0 fully saturated rings. The summed E-state index contributed by atoms with van der Waals surface area (Å²) in [5.41, 5.74) is 0.953. The second-order valence-electron chi connectivity index (χ2n) is 4.27. The van der Waals surface area contributed by atoms with Crippen molar-refractivity contribution in [3.63, 3.8) is 0 Å². The van der Waals surface area contributed by atoms with Gasteiger partial charge in [0.15, 0.2) is 6.10 Å². The van der Waals surface area contributed by atoms with Crippen LogP contribution in [0.25, 0.3) is 0 Å². The lowest BCUT2D eigenvalue weighted by Crippen LogP contribution is -2.35. The molecule has 104 valence electrons. The van der Waals surface area contributed by atoms with Gasteiger partial charge in [-0.1, -0.05) is 18.2 Å². The van der Waals surface area contributed by atoms with E-state index in [0.717, 1.165) is 10.0 Å². The zero-order valence-corrected chi connectivity index (χ0v) is 12.6. The average molecular weight is 335 g/mol. The Morgan fingerprint density at radius 2 is 2.15 bits per heavy atom. The summed E-state index contributed by atoms with van der Waals surface area (Å²) in [5, 5.41) is 2.82. The van der Waals surface area contributed by atoms with Crippen molar-refractivity contribution in [3.05, 3.63) is 58.8 Å². The summed E-state index contributed by atoms with van der Waals surface area (Å²) in [5.74, 6) is 0.487. The second kappa shape index (κ2) is 7.05.